The second-order valence-electron chi connectivity index (χ2n) is 4.43. The summed E-state index contributed by atoms with van der Waals surface area (Å²) < 4.78 is 38.2. The van der Waals surface area contributed by atoms with Gasteiger partial charge in [-0.15, -0.1) is 0 Å². The van der Waals surface area contributed by atoms with Crippen molar-refractivity contribution in [2.24, 2.45) is 0 Å². The van der Waals surface area contributed by atoms with Crippen LogP contribution < -0.4 is 0 Å². The highest BCUT2D eigenvalue weighted by atomic mass is 32.2. The molecule has 0 heterocycles. The Hall–Kier alpha value is -2.79. The molecule has 22 heavy (non-hydrogen) atoms. The van der Waals surface area contributed by atoms with E-state index in [4.69, 9.17) is 5.26 Å². The molecule has 2 rings (SSSR count). The largest absolute Gasteiger partial charge is 0.269 e. The molecule has 0 aliphatic heterocycles. The number of sulfone groups is 1. The third-order valence-electron chi connectivity index (χ3n) is 2.91. The predicted octanol–water partition coefficient (Wildman–Crippen LogP) is 2.58. The van der Waals surface area contributed by atoms with Gasteiger partial charge < -0.3 is 0 Å². The third-order valence-corrected chi connectivity index (χ3v) is 4.57. The number of non-ortho nitro benzene ring substituents is 1. The summed E-state index contributed by atoms with van der Waals surface area (Å²) in [6.45, 7) is 0. The molecule has 0 bridgehead atoms. The minimum Gasteiger partial charge on any atom is -0.258 e. The Labute approximate surface area is 125 Å². The van der Waals surface area contributed by atoms with E-state index in [0.29, 0.717) is 0 Å². The molecule has 0 unspecified atom stereocenters. The molecule has 0 aliphatic rings. The minimum atomic E-state index is -3.92. The van der Waals surface area contributed by atoms with Crippen molar-refractivity contribution in [2.75, 3.05) is 0 Å². The zero-order chi connectivity index (χ0) is 16.3. The number of hydrogen-bond donors (Lipinski definition) is 0. The van der Waals surface area contributed by atoms with Gasteiger partial charge in [0.2, 0.25) is 0 Å². The van der Waals surface area contributed by atoms with Gasteiger partial charge in [0.15, 0.2) is 9.84 Å². The second-order valence-corrected chi connectivity index (χ2v) is 6.42. The van der Waals surface area contributed by atoms with Crippen LogP contribution in [0.5, 0.6) is 0 Å². The van der Waals surface area contributed by atoms with E-state index in [9.17, 15) is 22.9 Å². The van der Waals surface area contributed by atoms with Crippen molar-refractivity contribution in [3.05, 3.63) is 69.5 Å². The van der Waals surface area contributed by atoms with Crippen LogP contribution in [0.2, 0.25) is 0 Å². The van der Waals surface area contributed by atoms with Crippen molar-refractivity contribution < 1.29 is 17.7 Å². The van der Waals surface area contributed by atoms with Gasteiger partial charge in [0, 0.05) is 17.7 Å². The van der Waals surface area contributed by atoms with Gasteiger partial charge in [0.25, 0.3) is 5.69 Å². The quantitative estimate of drug-likeness (QED) is 0.636. The SMILES string of the molecule is N#Cc1cccc(S(=O)(=O)Cc2cc([N+](=O)[O-])ccc2F)c1. The van der Waals surface area contributed by atoms with Crippen molar-refractivity contribution in [1.29, 1.82) is 5.26 Å². The van der Waals surface area contributed by atoms with Gasteiger partial charge in [0.05, 0.1) is 27.2 Å². The lowest BCUT2D eigenvalue weighted by Crippen LogP contribution is -2.07. The summed E-state index contributed by atoms with van der Waals surface area (Å²) in [5, 5.41) is 19.5. The summed E-state index contributed by atoms with van der Waals surface area (Å²) in [6.07, 6.45) is 0. The normalized spacial score (nSPS) is 10.9. The van der Waals surface area contributed by atoms with Gasteiger partial charge in [-0.1, -0.05) is 6.07 Å². The van der Waals surface area contributed by atoms with Crippen molar-refractivity contribution >= 4 is 15.5 Å². The lowest BCUT2D eigenvalue weighted by atomic mass is 10.2. The predicted molar refractivity (Wildman–Crippen MR) is 75.1 cm³/mol. The number of benzene rings is 2. The van der Waals surface area contributed by atoms with Crippen molar-refractivity contribution in [3.8, 4) is 6.07 Å². The summed E-state index contributed by atoms with van der Waals surface area (Å²) in [4.78, 5) is 9.81. The van der Waals surface area contributed by atoms with E-state index in [1.165, 1.54) is 24.3 Å². The van der Waals surface area contributed by atoms with Gasteiger partial charge in [-0.3, -0.25) is 10.1 Å². The van der Waals surface area contributed by atoms with E-state index in [1.807, 2.05) is 6.07 Å². The molecule has 0 N–H and O–H groups in total. The molecular formula is C14H9FN2O4S. The summed E-state index contributed by atoms with van der Waals surface area (Å²) in [5.41, 5.74) is -0.533. The molecule has 2 aromatic rings. The van der Waals surface area contributed by atoms with Crippen molar-refractivity contribution in [3.63, 3.8) is 0 Å². The third kappa shape index (κ3) is 3.27. The molecule has 112 valence electrons. The molecule has 8 heteroatoms. The average Bonchev–Trinajstić information content (AvgIpc) is 2.49. The first kappa shape index (κ1) is 15.6. The van der Waals surface area contributed by atoms with Crippen molar-refractivity contribution in [2.45, 2.75) is 10.6 Å². The molecule has 0 spiro atoms. The summed E-state index contributed by atoms with van der Waals surface area (Å²) in [5.74, 6) is -1.57. The number of nitriles is 1. The molecule has 0 atom stereocenters. The highest BCUT2D eigenvalue weighted by molar-refractivity contribution is 7.90. The minimum absolute atomic E-state index is 0.141. The van der Waals surface area contributed by atoms with Gasteiger partial charge in [-0.05, 0) is 24.3 Å². The molecule has 0 amide bonds. The number of hydrogen-bond acceptors (Lipinski definition) is 5. The molecule has 0 radical (unpaired) electrons. The highest BCUT2D eigenvalue weighted by Crippen LogP contribution is 2.22. The first-order chi connectivity index (χ1) is 10.3. The van der Waals surface area contributed by atoms with Crippen molar-refractivity contribution in [1.82, 2.24) is 0 Å². The molecule has 0 fully saturated rings. The van der Waals surface area contributed by atoms with E-state index in [1.54, 1.807) is 0 Å². The summed E-state index contributed by atoms with van der Waals surface area (Å²) in [6, 6.07) is 9.81. The fourth-order valence-corrected chi connectivity index (χ4v) is 3.22. The molecule has 0 aliphatic carbocycles. The van der Waals surface area contributed by atoms with Crippen LogP contribution in [0, 0.1) is 27.3 Å². The Morgan fingerprint density at radius 2 is 1.95 bits per heavy atom. The lowest BCUT2D eigenvalue weighted by Gasteiger charge is -2.06. The monoisotopic (exact) mass is 320 g/mol. The van der Waals surface area contributed by atoms with E-state index >= 15 is 0 Å². The summed E-state index contributed by atoms with van der Waals surface area (Å²) in [7, 11) is -3.92. The van der Waals surface area contributed by atoms with E-state index in [2.05, 4.69) is 0 Å². The molecule has 6 nitrogen and oxygen atoms in total. The Bertz CT molecular complexity index is 888. The fraction of sp³-hybridized carbons (Fsp3) is 0.0714. The van der Waals surface area contributed by atoms with Crippen LogP contribution in [-0.2, 0) is 15.6 Å². The number of halogens is 1. The van der Waals surface area contributed by atoms with Gasteiger partial charge in [-0.2, -0.15) is 5.26 Å². The van der Waals surface area contributed by atoms with Crippen LogP contribution in [0.1, 0.15) is 11.1 Å². The highest BCUT2D eigenvalue weighted by Gasteiger charge is 2.20. The van der Waals surface area contributed by atoms with E-state index in [-0.39, 0.29) is 16.0 Å². The average molecular weight is 320 g/mol. The van der Waals surface area contributed by atoms with E-state index < -0.39 is 32.0 Å². The topological polar surface area (TPSA) is 101 Å². The maximum atomic E-state index is 13.7. The number of nitrogens with zero attached hydrogens (tertiary/aromatic N) is 2. The first-order valence-electron chi connectivity index (χ1n) is 5.99. The second kappa shape index (κ2) is 5.91. The number of rotatable bonds is 4. The molecule has 0 saturated carbocycles. The maximum Gasteiger partial charge on any atom is 0.269 e. The Morgan fingerprint density at radius 3 is 2.59 bits per heavy atom. The zero-order valence-electron chi connectivity index (χ0n) is 11.1. The Kier molecular flexibility index (Phi) is 4.19. The first-order valence-corrected chi connectivity index (χ1v) is 7.64. The molecule has 0 aromatic heterocycles. The zero-order valence-corrected chi connectivity index (χ0v) is 11.9. The van der Waals surface area contributed by atoms with Crippen LogP contribution in [0.25, 0.3) is 0 Å². The van der Waals surface area contributed by atoms with Crippen LogP contribution in [0.3, 0.4) is 0 Å². The van der Waals surface area contributed by atoms with Crippen LogP contribution in [0.4, 0.5) is 10.1 Å². The van der Waals surface area contributed by atoms with E-state index in [0.717, 1.165) is 18.2 Å². The molecular weight excluding hydrogens is 311 g/mol. The fourth-order valence-electron chi connectivity index (χ4n) is 1.83. The smallest absolute Gasteiger partial charge is 0.258 e. The van der Waals surface area contributed by atoms with Gasteiger partial charge in [-0.25, -0.2) is 12.8 Å². The van der Waals surface area contributed by atoms with Gasteiger partial charge >= 0.3 is 0 Å². The maximum absolute atomic E-state index is 13.7. The molecule has 2 aromatic carbocycles. The standard InChI is InChI=1S/C14H9FN2O4S/c15-14-5-4-12(17(18)19)7-11(14)9-22(20,21)13-3-1-2-10(6-13)8-16/h1-7H,9H2. The van der Waals surface area contributed by atoms with Crippen LogP contribution in [0.15, 0.2) is 47.4 Å². The Morgan fingerprint density at radius 1 is 1.23 bits per heavy atom. The molecule has 0 saturated heterocycles. The van der Waals surface area contributed by atoms with Crippen LogP contribution in [-0.4, -0.2) is 13.3 Å². The Balaban J connectivity index is 2.43. The number of nitro groups is 1. The number of nitro benzene ring substituents is 1. The lowest BCUT2D eigenvalue weighted by molar-refractivity contribution is -0.385. The summed E-state index contributed by atoms with van der Waals surface area (Å²) >= 11 is 0. The van der Waals surface area contributed by atoms with Gasteiger partial charge in [0.1, 0.15) is 5.82 Å². The van der Waals surface area contributed by atoms with Crippen LogP contribution >= 0.6 is 0 Å².